The van der Waals surface area contributed by atoms with Crippen LogP contribution in [0.2, 0.25) is 0 Å². The molecule has 0 atom stereocenters. The van der Waals surface area contributed by atoms with Crippen LogP contribution < -0.4 is 5.32 Å². The van der Waals surface area contributed by atoms with E-state index in [-0.39, 0.29) is 29.8 Å². The average molecular weight is 522 g/mol. The molecule has 200 valence electrons. The van der Waals surface area contributed by atoms with Gasteiger partial charge in [-0.25, -0.2) is 28.7 Å². The van der Waals surface area contributed by atoms with Gasteiger partial charge in [0.25, 0.3) is 0 Å². The number of pyridine rings is 1. The van der Waals surface area contributed by atoms with Crippen molar-refractivity contribution in [3.63, 3.8) is 0 Å². The Kier molecular flexibility index (Phi) is 7.62. The third-order valence-corrected chi connectivity index (χ3v) is 7.17. The number of hydrogen-bond acceptors (Lipinski definition) is 7. The second-order valence-electron chi connectivity index (χ2n) is 10.2. The molecule has 0 amide bonds. The molecule has 2 N–H and O–H groups in total. The van der Waals surface area contributed by atoms with E-state index in [4.69, 9.17) is 5.11 Å². The molecule has 0 saturated carbocycles. The SMILES string of the molecule is Cc1nc2c(F)cc(-c3nc(Nc4ccc(CC5CCN(CCO)CC5)cn4)ncc3F)cc2n1C(C)C. The van der Waals surface area contributed by atoms with E-state index in [1.165, 1.54) is 6.07 Å². The van der Waals surface area contributed by atoms with Gasteiger partial charge in [-0.2, -0.15) is 0 Å². The molecule has 0 aliphatic carbocycles. The van der Waals surface area contributed by atoms with Gasteiger partial charge < -0.3 is 19.9 Å². The molecular formula is C28H33F2N7O. The highest BCUT2D eigenvalue weighted by molar-refractivity contribution is 5.83. The van der Waals surface area contributed by atoms with Crippen molar-refractivity contribution in [1.29, 1.82) is 0 Å². The van der Waals surface area contributed by atoms with Gasteiger partial charge in [-0.05, 0) is 82.8 Å². The second-order valence-corrected chi connectivity index (χ2v) is 10.2. The van der Waals surface area contributed by atoms with Gasteiger partial charge in [0.2, 0.25) is 5.95 Å². The molecule has 0 radical (unpaired) electrons. The van der Waals surface area contributed by atoms with Crippen molar-refractivity contribution in [1.82, 2.24) is 29.4 Å². The van der Waals surface area contributed by atoms with Crippen molar-refractivity contribution in [2.45, 2.75) is 46.1 Å². The highest BCUT2D eigenvalue weighted by Gasteiger charge is 2.20. The molecule has 1 fully saturated rings. The molecule has 0 spiro atoms. The summed E-state index contributed by atoms with van der Waals surface area (Å²) in [6.07, 6.45) is 6.09. The molecule has 4 aromatic rings. The van der Waals surface area contributed by atoms with Gasteiger partial charge in [-0.3, -0.25) is 0 Å². The number of piperidine rings is 1. The van der Waals surface area contributed by atoms with E-state index >= 15 is 0 Å². The summed E-state index contributed by atoms with van der Waals surface area (Å²) < 4.78 is 31.7. The zero-order chi connectivity index (χ0) is 26.8. The smallest absolute Gasteiger partial charge is 0.229 e. The van der Waals surface area contributed by atoms with Crippen LogP contribution in [0.15, 0.2) is 36.7 Å². The summed E-state index contributed by atoms with van der Waals surface area (Å²) in [5.41, 5.74) is 2.32. The molecule has 0 bridgehead atoms. The topological polar surface area (TPSA) is 92.0 Å². The number of imidazole rings is 1. The molecule has 1 aliphatic heterocycles. The van der Waals surface area contributed by atoms with Crippen molar-refractivity contribution < 1.29 is 13.9 Å². The maximum absolute atomic E-state index is 14.9. The van der Waals surface area contributed by atoms with E-state index in [0.29, 0.717) is 28.6 Å². The van der Waals surface area contributed by atoms with E-state index in [1.54, 1.807) is 6.07 Å². The number of benzene rings is 1. The number of nitrogens with zero attached hydrogens (tertiary/aromatic N) is 6. The maximum Gasteiger partial charge on any atom is 0.229 e. The number of aliphatic hydroxyl groups excluding tert-OH is 1. The molecule has 1 saturated heterocycles. The summed E-state index contributed by atoms with van der Waals surface area (Å²) in [7, 11) is 0. The van der Waals surface area contributed by atoms with E-state index < -0.39 is 11.6 Å². The Morgan fingerprint density at radius 1 is 1.05 bits per heavy atom. The van der Waals surface area contributed by atoms with Crippen molar-refractivity contribution in [2.75, 3.05) is 31.6 Å². The number of likely N-dealkylation sites (tertiary alicyclic amines) is 1. The summed E-state index contributed by atoms with van der Waals surface area (Å²) in [4.78, 5) is 19.6. The first-order valence-electron chi connectivity index (χ1n) is 13.1. The first-order chi connectivity index (χ1) is 18.3. The quantitative estimate of drug-likeness (QED) is 0.335. The lowest BCUT2D eigenvalue weighted by Gasteiger charge is -2.31. The zero-order valence-electron chi connectivity index (χ0n) is 22.0. The van der Waals surface area contributed by atoms with Gasteiger partial charge in [0.1, 0.15) is 22.9 Å². The van der Waals surface area contributed by atoms with Crippen LogP contribution >= 0.6 is 0 Å². The van der Waals surface area contributed by atoms with Crippen molar-refractivity contribution in [3.05, 3.63) is 59.7 Å². The van der Waals surface area contributed by atoms with Crippen LogP contribution in [0.4, 0.5) is 20.5 Å². The summed E-state index contributed by atoms with van der Waals surface area (Å²) in [5, 5.41) is 12.2. The fourth-order valence-electron chi connectivity index (χ4n) is 5.31. The van der Waals surface area contributed by atoms with Crippen LogP contribution in [0.1, 0.15) is 44.1 Å². The van der Waals surface area contributed by atoms with Crippen molar-refractivity contribution in [3.8, 4) is 11.3 Å². The summed E-state index contributed by atoms with van der Waals surface area (Å²) in [5.74, 6) is 0.838. The van der Waals surface area contributed by atoms with Crippen LogP contribution in [0.3, 0.4) is 0 Å². The van der Waals surface area contributed by atoms with Gasteiger partial charge in [0, 0.05) is 24.3 Å². The molecule has 10 heteroatoms. The number of rotatable bonds is 8. The molecule has 4 heterocycles. The molecule has 38 heavy (non-hydrogen) atoms. The standard InChI is InChI=1S/C28H33F2N7O/c1-17(2)37-18(3)33-27-22(29)13-21(14-24(27)37)26-23(30)16-32-28(35-26)34-25-5-4-20(15-31-25)12-19-6-8-36(9-7-19)10-11-38/h4-5,13-17,19,38H,6-12H2,1-3H3,(H,31,32,34,35). The highest BCUT2D eigenvalue weighted by Crippen LogP contribution is 2.30. The Labute approximate surface area is 220 Å². The lowest BCUT2D eigenvalue weighted by molar-refractivity contribution is 0.147. The number of aryl methyl sites for hydroxylation is 1. The van der Waals surface area contributed by atoms with Crippen LogP contribution in [-0.2, 0) is 6.42 Å². The highest BCUT2D eigenvalue weighted by atomic mass is 19.1. The summed E-state index contributed by atoms with van der Waals surface area (Å²) >= 11 is 0. The Bertz CT molecular complexity index is 1410. The van der Waals surface area contributed by atoms with Gasteiger partial charge in [-0.15, -0.1) is 0 Å². The molecular weight excluding hydrogens is 488 g/mol. The number of aliphatic hydroxyl groups is 1. The first kappa shape index (κ1) is 26.1. The fourth-order valence-corrected chi connectivity index (χ4v) is 5.31. The third kappa shape index (κ3) is 5.51. The second kappa shape index (κ2) is 11.1. The Morgan fingerprint density at radius 2 is 1.84 bits per heavy atom. The number of aromatic nitrogens is 5. The monoisotopic (exact) mass is 521 g/mol. The van der Waals surface area contributed by atoms with Gasteiger partial charge >= 0.3 is 0 Å². The Balaban J connectivity index is 1.32. The summed E-state index contributed by atoms with van der Waals surface area (Å²) in [6.45, 7) is 8.79. The minimum atomic E-state index is -0.644. The van der Waals surface area contributed by atoms with Gasteiger partial charge in [0.05, 0.1) is 18.3 Å². The van der Waals surface area contributed by atoms with Crippen molar-refractivity contribution in [2.24, 2.45) is 5.92 Å². The molecule has 1 aromatic carbocycles. The van der Waals surface area contributed by atoms with Crippen LogP contribution in [-0.4, -0.2) is 60.8 Å². The number of β-amino-alcohol motifs (C(OH)–C–C–N with tert-alkyl or cyclic N) is 1. The van der Waals surface area contributed by atoms with Gasteiger partial charge in [-0.1, -0.05) is 6.07 Å². The normalized spacial score (nSPS) is 15.0. The predicted molar refractivity (Wildman–Crippen MR) is 143 cm³/mol. The van der Waals surface area contributed by atoms with Crippen LogP contribution in [0.5, 0.6) is 0 Å². The lowest BCUT2D eigenvalue weighted by Crippen LogP contribution is -2.36. The third-order valence-electron chi connectivity index (χ3n) is 7.17. The van der Waals surface area contributed by atoms with E-state index in [1.807, 2.05) is 43.7 Å². The van der Waals surface area contributed by atoms with E-state index in [0.717, 1.165) is 50.7 Å². The zero-order valence-corrected chi connectivity index (χ0v) is 22.0. The minimum absolute atomic E-state index is 0.00150. The predicted octanol–water partition coefficient (Wildman–Crippen LogP) is 5.05. The maximum atomic E-state index is 14.9. The minimum Gasteiger partial charge on any atom is -0.395 e. The largest absolute Gasteiger partial charge is 0.395 e. The van der Waals surface area contributed by atoms with Crippen molar-refractivity contribution >= 4 is 22.8 Å². The number of anilines is 2. The Morgan fingerprint density at radius 3 is 2.53 bits per heavy atom. The van der Waals surface area contributed by atoms with Crippen LogP contribution in [0, 0.1) is 24.5 Å². The number of halogens is 2. The molecule has 3 aromatic heterocycles. The molecule has 5 rings (SSSR count). The number of hydrogen-bond donors (Lipinski definition) is 2. The number of nitrogens with one attached hydrogen (secondary N) is 1. The van der Waals surface area contributed by atoms with E-state index in [9.17, 15) is 8.78 Å². The average Bonchev–Trinajstić information content (AvgIpc) is 3.24. The van der Waals surface area contributed by atoms with Crippen LogP contribution in [0.25, 0.3) is 22.3 Å². The first-order valence-corrected chi connectivity index (χ1v) is 13.1. The molecule has 0 unspecified atom stereocenters. The van der Waals surface area contributed by atoms with Gasteiger partial charge in [0.15, 0.2) is 11.6 Å². The summed E-state index contributed by atoms with van der Waals surface area (Å²) in [6, 6.07) is 6.93. The fraction of sp³-hybridized carbons (Fsp3) is 0.429. The lowest BCUT2D eigenvalue weighted by atomic mass is 9.91. The molecule has 8 nitrogen and oxygen atoms in total. The molecule has 1 aliphatic rings. The number of fused-ring (bicyclic) bond motifs is 1. The Hall–Kier alpha value is -3.50. The van der Waals surface area contributed by atoms with E-state index in [2.05, 4.69) is 30.2 Å².